The second kappa shape index (κ2) is 4.43. The molecule has 1 aromatic heterocycles. The zero-order chi connectivity index (χ0) is 13.3. The standard InChI is InChI=1S/C11H14N4O2S/c1-14(2)18(16,17)10-6-4-3-5-9(10)15-8-7-11(12)13-15/h3-8H,1-2H3,(H2,12,13). The highest BCUT2D eigenvalue weighted by molar-refractivity contribution is 7.89. The summed E-state index contributed by atoms with van der Waals surface area (Å²) in [6, 6.07) is 8.26. The summed E-state index contributed by atoms with van der Waals surface area (Å²) < 4.78 is 27.0. The molecule has 1 aromatic carbocycles. The third-order valence-corrected chi connectivity index (χ3v) is 4.34. The molecule has 0 fully saturated rings. The van der Waals surface area contributed by atoms with Gasteiger partial charge in [-0.05, 0) is 12.1 Å². The highest BCUT2D eigenvalue weighted by atomic mass is 32.2. The van der Waals surface area contributed by atoms with Crippen molar-refractivity contribution < 1.29 is 8.42 Å². The van der Waals surface area contributed by atoms with Gasteiger partial charge < -0.3 is 5.73 Å². The molecule has 7 heteroatoms. The van der Waals surface area contributed by atoms with E-state index in [1.807, 2.05) is 0 Å². The fraction of sp³-hybridized carbons (Fsp3) is 0.182. The summed E-state index contributed by atoms with van der Waals surface area (Å²) in [6.45, 7) is 0. The molecule has 6 nitrogen and oxygen atoms in total. The maximum Gasteiger partial charge on any atom is 0.244 e. The van der Waals surface area contributed by atoms with Crippen molar-refractivity contribution in [1.29, 1.82) is 0 Å². The number of nitrogen functional groups attached to an aromatic ring is 1. The Morgan fingerprint density at radius 2 is 1.89 bits per heavy atom. The van der Waals surface area contributed by atoms with Crippen molar-refractivity contribution in [2.45, 2.75) is 4.90 Å². The van der Waals surface area contributed by atoms with Gasteiger partial charge in [0, 0.05) is 26.4 Å². The van der Waals surface area contributed by atoms with Gasteiger partial charge in [0.05, 0.1) is 5.69 Å². The van der Waals surface area contributed by atoms with Crippen LogP contribution in [0, 0.1) is 0 Å². The first-order chi connectivity index (χ1) is 8.43. The third kappa shape index (κ3) is 2.09. The Bertz CT molecular complexity index is 661. The van der Waals surface area contributed by atoms with Gasteiger partial charge in [-0.1, -0.05) is 12.1 Å². The first kappa shape index (κ1) is 12.6. The molecule has 2 rings (SSSR count). The summed E-state index contributed by atoms with van der Waals surface area (Å²) in [5.74, 6) is 0.340. The number of hydrogen-bond acceptors (Lipinski definition) is 4. The van der Waals surface area contributed by atoms with Crippen LogP contribution in [-0.4, -0.2) is 36.6 Å². The molecule has 0 aliphatic carbocycles. The lowest BCUT2D eigenvalue weighted by Gasteiger charge is -2.14. The average Bonchev–Trinajstić information content (AvgIpc) is 2.75. The van der Waals surface area contributed by atoms with Crippen molar-refractivity contribution in [3.63, 3.8) is 0 Å². The fourth-order valence-electron chi connectivity index (χ4n) is 1.53. The van der Waals surface area contributed by atoms with Gasteiger partial charge in [-0.15, -0.1) is 0 Å². The molecule has 0 aliphatic rings. The molecule has 0 bridgehead atoms. The van der Waals surface area contributed by atoms with E-state index < -0.39 is 10.0 Å². The van der Waals surface area contributed by atoms with Crippen molar-refractivity contribution in [2.75, 3.05) is 19.8 Å². The van der Waals surface area contributed by atoms with Crippen LogP contribution in [0.15, 0.2) is 41.4 Å². The molecule has 1 heterocycles. The number of nitrogens with zero attached hydrogens (tertiary/aromatic N) is 3. The van der Waals surface area contributed by atoms with Crippen molar-refractivity contribution in [2.24, 2.45) is 0 Å². The number of sulfonamides is 1. The van der Waals surface area contributed by atoms with Gasteiger partial charge in [-0.25, -0.2) is 17.4 Å². The third-order valence-electron chi connectivity index (χ3n) is 2.48. The van der Waals surface area contributed by atoms with E-state index in [-0.39, 0.29) is 4.90 Å². The maximum absolute atomic E-state index is 12.2. The number of para-hydroxylation sites is 1. The average molecular weight is 266 g/mol. The maximum atomic E-state index is 12.2. The smallest absolute Gasteiger partial charge is 0.244 e. The van der Waals surface area contributed by atoms with Crippen LogP contribution in [0.4, 0.5) is 5.82 Å². The molecule has 0 saturated heterocycles. The first-order valence-electron chi connectivity index (χ1n) is 5.26. The van der Waals surface area contributed by atoms with Gasteiger partial charge in [-0.3, -0.25) is 0 Å². The van der Waals surface area contributed by atoms with Crippen molar-refractivity contribution >= 4 is 15.8 Å². The SMILES string of the molecule is CN(C)S(=O)(=O)c1ccccc1-n1ccc(N)n1. The zero-order valence-electron chi connectivity index (χ0n) is 10.1. The minimum atomic E-state index is -3.51. The number of anilines is 1. The predicted molar refractivity (Wildman–Crippen MR) is 68.8 cm³/mol. The Morgan fingerprint density at radius 3 is 2.44 bits per heavy atom. The van der Waals surface area contributed by atoms with E-state index in [1.165, 1.54) is 23.1 Å². The monoisotopic (exact) mass is 266 g/mol. The van der Waals surface area contributed by atoms with Crippen molar-refractivity contribution in [3.05, 3.63) is 36.5 Å². The molecule has 2 N–H and O–H groups in total. The van der Waals surface area contributed by atoms with Crippen LogP contribution in [0.2, 0.25) is 0 Å². The topological polar surface area (TPSA) is 81.2 Å². The van der Waals surface area contributed by atoms with Crippen molar-refractivity contribution in [1.82, 2.24) is 14.1 Å². The van der Waals surface area contributed by atoms with Gasteiger partial charge in [0.1, 0.15) is 10.7 Å². The molecular formula is C11H14N4O2S. The zero-order valence-corrected chi connectivity index (χ0v) is 10.9. The molecule has 96 valence electrons. The molecule has 0 radical (unpaired) electrons. The lowest BCUT2D eigenvalue weighted by atomic mass is 10.3. The van der Waals surface area contributed by atoms with Crippen LogP contribution >= 0.6 is 0 Å². The van der Waals surface area contributed by atoms with E-state index in [1.54, 1.807) is 36.5 Å². The van der Waals surface area contributed by atoms with Gasteiger partial charge in [0.25, 0.3) is 0 Å². The normalized spacial score (nSPS) is 11.9. The summed E-state index contributed by atoms with van der Waals surface area (Å²) in [5, 5.41) is 4.03. The van der Waals surface area contributed by atoms with E-state index in [0.717, 1.165) is 0 Å². The lowest BCUT2D eigenvalue weighted by molar-refractivity contribution is 0.520. The minimum Gasteiger partial charge on any atom is -0.382 e. The number of benzene rings is 1. The Labute approximate surface area is 106 Å². The molecule has 0 spiro atoms. The van der Waals surface area contributed by atoms with Crippen LogP contribution in [0.5, 0.6) is 0 Å². The summed E-state index contributed by atoms with van der Waals surface area (Å²) >= 11 is 0. The van der Waals surface area contributed by atoms with Crippen LogP contribution in [0.3, 0.4) is 0 Å². The molecule has 18 heavy (non-hydrogen) atoms. The fourth-order valence-corrected chi connectivity index (χ4v) is 2.60. The van der Waals surface area contributed by atoms with E-state index in [9.17, 15) is 8.42 Å². The van der Waals surface area contributed by atoms with E-state index in [4.69, 9.17) is 5.73 Å². The Kier molecular flexibility index (Phi) is 3.10. The van der Waals surface area contributed by atoms with Crippen LogP contribution in [-0.2, 0) is 10.0 Å². The Morgan fingerprint density at radius 1 is 1.22 bits per heavy atom. The predicted octanol–water partition coefficient (Wildman–Crippen LogP) is 0.705. The number of nitrogens with two attached hydrogens (primary N) is 1. The molecule has 0 unspecified atom stereocenters. The van der Waals surface area contributed by atoms with E-state index in [2.05, 4.69) is 5.10 Å². The highest BCUT2D eigenvalue weighted by Crippen LogP contribution is 2.21. The Balaban J connectivity index is 2.64. The summed E-state index contributed by atoms with van der Waals surface area (Å²) in [7, 11) is -0.535. The molecular weight excluding hydrogens is 252 g/mol. The second-order valence-electron chi connectivity index (χ2n) is 3.94. The van der Waals surface area contributed by atoms with Crippen LogP contribution in [0.25, 0.3) is 5.69 Å². The molecule has 0 atom stereocenters. The number of rotatable bonds is 3. The molecule has 2 aromatic rings. The van der Waals surface area contributed by atoms with Crippen molar-refractivity contribution in [3.8, 4) is 5.69 Å². The highest BCUT2D eigenvalue weighted by Gasteiger charge is 2.21. The van der Waals surface area contributed by atoms with Crippen LogP contribution in [0.1, 0.15) is 0 Å². The van der Waals surface area contributed by atoms with E-state index >= 15 is 0 Å². The van der Waals surface area contributed by atoms with Gasteiger partial charge in [-0.2, -0.15) is 5.10 Å². The number of aromatic nitrogens is 2. The van der Waals surface area contributed by atoms with Gasteiger partial charge in [0.15, 0.2) is 0 Å². The lowest BCUT2D eigenvalue weighted by Crippen LogP contribution is -2.23. The van der Waals surface area contributed by atoms with Gasteiger partial charge in [0.2, 0.25) is 10.0 Å². The number of hydrogen-bond donors (Lipinski definition) is 1. The molecule has 0 amide bonds. The summed E-state index contributed by atoms with van der Waals surface area (Å²) in [5.41, 5.74) is 6.02. The molecule has 0 aliphatic heterocycles. The largest absolute Gasteiger partial charge is 0.382 e. The van der Waals surface area contributed by atoms with Crippen LogP contribution < -0.4 is 5.73 Å². The summed E-state index contributed by atoms with van der Waals surface area (Å²) in [4.78, 5) is 0.193. The summed E-state index contributed by atoms with van der Waals surface area (Å²) in [6.07, 6.45) is 1.62. The molecule has 0 saturated carbocycles. The van der Waals surface area contributed by atoms with E-state index in [0.29, 0.717) is 11.5 Å². The Hall–Kier alpha value is -1.86. The quantitative estimate of drug-likeness (QED) is 0.887. The first-order valence-corrected chi connectivity index (χ1v) is 6.70. The second-order valence-corrected chi connectivity index (χ2v) is 6.06. The van der Waals surface area contributed by atoms with Gasteiger partial charge >= 0.3 is 0 Å². The minimum absolute atomic E-state index is 0.193.